The molecule has 0 radical (unpaired) electrons. The third-order valence-corrected chi connectivity index (χ3v) is 4.11. The van der Waals surface area contributed by atoms with E-state index in [2.05, 4.69) is 5.32 Å². The van der Waals surface area contributed by atoms with Gasteiger partial charge in [0, 0.05) is 25.6 Å². The second kappa shape index (κ2) is 6.58. The van der Waals surface area contributed by atoms with Gasteiger partial charge < -0.3 is 21.1 Å². The summed E-state index contributed by atoms with van der Waals surface area (Å²) in [6.07, 6.45) is 1.56. The fourth-order valence-electron chi connectivity index (χ4n) is 2.10. The Labute approximate surface area is 118 Å². The summed E-state index contributed by atoms with van der Waals surface area (Å²) in [5.41, 5.74) is 4.28. The summed E-state index contributed by atoms with van der Waals surface area (Å²) in [4.78, 5) is 35.7. The number of carboxylic acids is 1. The second-order valence-corrected chi connectivity index (χ2v) is 5.54. The molecule has 1 unspecified atom stereocenters. The second-order valence-electron chi connectivity index (χ2n) is 5.54. The highest BCUT2D eigenvalue weighted by Gasteiger charge is 2.33. The minimum atomic E-state index is -0.957. The fraction of sp³-hybridized carbons (Fsp3) is 0.769. The van der Waals surface area contributed by atoms with Crippen LogP contribution in [0.25, 0.3) is 0 Å². The van der Waals surface area contributed by atoms with Crippen LogP contribution in [0.5, 0.6) is 0 Å². The van der Waals surface area contributed by atoms with Crippen molar-refractivity contribution in [3.63, 3.8) is 0 Å². The molecule has 1 rings (SSSR count). The highest BCUT2D eigenvalue weighted by molar-refractivity contribution is 5.79. The van der Waals surface area contributed by atoms with Crippen LogP contribution in [0.1, 0.15) is 33.1 Å². The van der Waals surface area contributed by atoms with Gasteiger partial charge in [-0.3, -0.25) is 9.59 Å². The predicted octanol–water partition coefficient (Wildman–Crippen LogP) is 0.394. The first-order valence-electron chi connectivity index (χ1n) is 6.85. The molecular formula is C13H23N3O4. The molecule has 1 saturated heterocycles. The first kappa shape index (κ1) is 16.3. The molecule has 7 heteroatoms. The minimum Gasteiger partial charge on any atom is -0.481 e. The normalized spacial score (nSPS) is 19.2. The first-order valence-corrected chi connectivity index (χ1v) is 6.85. The van der Waals surface area contributed by atoms with Gasteiger partial charge in [0.1, 0.15) is 0 Å². The lowest BCUT2D eigenvalue weighted by Gasteiger charge is -2.32. The summed E-state index contributed by atoms with van der Waals surface area (Å²) in [5, 5.41) is 11.8. The van der Waals surface area contributed by atoms with Crippen molar-refractivity contribution >= 4 is 17.9 Å². The molecule has 1 aliphatic heterocycles. The maximum absolute atomic E-state index is 12.0. The minimum absolute atomic E-state index is 0.0907. The average molecular weight is 285 g/mol. The number of primary amides is 1. The van der Waals surface area contributed by atoms with Gasteiger partial charge in [-0.05, 0) is 26.2 Å². The molecule has 0 saturated carbocycles. The number of carbonyl (C=O) groups is 3. The highest BCUT2D eigenvalue weighted by Crippen LogP contribution is 2.21. The Hall–Kier alpha value is -1.79. The van der Waals surface area contributed by atoms with E-state index in [4.69, 9.17) is 10.8 Å². The van der Waals surface area contributed by atoms with Gasteiger partial charge in [-0.2, -0.15) is 0 Å². The van der Waals surface area contributed by atoms with Crippen molar-refractivity contribution in [1.82, 2.24) is 10.2 Å². The number of hydrogen-bond donors (Lipinski definition) is 3. The van der Waals surface area contributed by atoms with Crippen LogP contribution in [-0.4, -0.2) is 47.5 Å². The molecule has 20 heavy (non-hydrogen) atoms. The fourth-order valence-corrected chi connectivity index (χ4v) is 2.10. The van der Waals surface area contributed by atoms with Crippen molar-refractivity contribution in [2.24, 2.45) is 17.1 Å². The molecule has 0 aromatic heterocycles. The highest BCUT2D eigenvalue weighted by atomic mass is 16.4. The smallest absolute Gasteiger partial charge is 0.317 e. The Morgan fingerprint density at radius 1 is 1.35 bits per heavy atom. The third-order valence-electron chi connectivity index (χ3n) is 4.11. The van der Waals surface area contributed by atoms with Crippen LogP contribution in [0.15, 0.2) is 0 Å². The van der Waals surface area contributed by atoms with Crippen molar-refractivity contribution in [3.05, 3.63) is 0 Å². The summed E-state index contributed by atoms with van der Waals surface area (Å²) >= 11 is 0. The molecule has 0 bridgehead atoms. The lowest BCUT2D eigenvalue weighted by atomic mass is 9.88. The Kier molecular flexibility index (Phi) is 5.35. The van der Waals surface area contributed by atoms with E-state index in [0.29, 0.717) is 32.4 Å². The van der Waals surface area contributed by atoms with Gasteiger partial charge in [0.05, 0.1) is 5.41 Å². The van der Waals surface area contributed by atoms with E-state index >= 15 is 0 Å². The number of piperidine rings is 1. The largest absolute Gasteiger partial charge is 0.481 e. The van der Waals surface area contributed by atoms with E-state index in [1.165, 1.54) is 0 Å². The lowest BCUT2D eigenvalue weighted by Crippen LogP contribution is -2.49. The summed E-state index contributed by atoms with van der Waals surface area (Å²) in [6, 6.07) is -0.283. The Morgan fingerprint density at radius 3 is 2.30 bits per heavy atom. The van der Waals surface area contributed by atoms with E-state index in [-0.39, 0.29) is 24.4 Å². The number of amides is 3. The molecule has 1 heterocycles. The number of hydrogen-bond acceptors (Lipinski definition) is 3. The zero-order valence-corrected chi connectivity index (χ0v) is 12.0. The number of nitrogens with two attached hydrogens (primary N) is 1. The number of likely N-dealkylation sites (tertiary alicyclic amines) is 1. The van der Waals surface area contributed by atoms with Gasteiger partial charge in [0.2, 0.25) is 5.91 Å². The van der Waals surface area contributed by atoms with Crippen molar-refractivity contribution in [3.8, 4) is 0 Å². The van der Waals surface area contributed by atoms with Crippen LogP contribution in [-0.2, 0) is 9.59 Å². The van der Waals surface area contributed by atoms with Gasteiger partial charge in [0.25, 0.3) is 0 Å². The molecular weight excluding hydrogens is 262 g/mol. The van der Waals surface area contributed by atoms with Crippen molar-refractivity contribution < 1.29 is 19.5 Å². The van der Waals surface area contributed by atoms with Crippen LogP contribution < -0.4 is 11.1 Å². The molecule has 0 aromatic rings. The van der Waals surface area contributed by atoms with Crippen LogP contribution in [0, 0.1) is 11.3 Å². The average Bonchev–Trinajstić information content (AvgIpc) is 2.44. The van der Waals surface area contributed by atoms with Crippen molar-refractivity contribution in [2.45, 2.75) is 33.1 Å². The zero-order valence-electron chi connectivity index (χ0n) is 12.0. The topological polar surface area (TPSA) is 113 Å². The number of aliphatic carboxylic acids is 1. The Bertz CT molecular complexity index is 391. The van der Waals surface area contributed by atoms with Crippen LogP contribution in [0.2, 0.25) is 0 Å². The summed E-state index contributed by atoms with van der Waals surface area (Å²) < 4.78 is 0. The molecule has 1 atom stereocenters. The molecule has 0 aliphatic carbocycles. The quantitative estimate of drug-likeness (QED) is 0.678. The number of nitrogens with zero attached hydrogens (tertiary/aromatic N) is 1. The Morgan fingerprint density at radius 2 is 1.90 bits per heavy atom. The molecule has 114 valence electrons. The number of carbonyl (C=O) groups excluding carboxylic acids is 2. The number of nitrogens with one attached hydrogen (secondary N) is 1. The van der Waals surface area contributed by atoms with Crippen LogP contribution >= 0.6 is 0 Å². The van der Waals surface area contributed by atoms with Gasteiger partial charge in [-0.1, -0.05) is 6.92 Å². The molecule has 1 aliphatic rings. The maximum atomic E-state index is 12.0. The maximum Gasteiger partial charge on any atom is 0.317 e. The molecule has 4 N–H and O–H groups in total. The summed E-state index contributed by atoms with van der Waals surface area (Å²) in [7, 11) is 0. The number of carboxylic acid groups (broad SMARTS) is 1. The third kappa shape index (κ3) is 3.85. The monoisotopic (exact) mass is 285 g/mol. The van der Waals surface area contributed by atoms with Gasteiger partial charge in [0.15, 0.2) is 0 Å². The standard InChI is InChI=1S/C13H23N3O4/c1-3-13(2,11(18)19)8-15-12(20)16-6-4-9(5-7-16)10(14)17/h9H,3-8H2,1-2H3,(H2,14,17)(H,15,20)(H,18,19). The van der Waals surface area contributed by atoms with E-state index in [0.717, 1.165) is 0 Å². The van der Waals surface area contributed by atoms with Gasteiger partial charge >= 0.3 is 12.0 Å². The molecule has 0 aromatic carbocycles. The first-order chi connectivity index (χ1) is 9.30. The van der Waals surface area contributed by atoms with Crippen LogP contribution in [0.4, 0.5) is 4.79 Å². The van der Waals surface area contributed by atoms with Crippen molar-refractivity contribution in [1.29, 1.82) is 0 Å². The number of urea groups is 1. The lowest BCUT2D eigenvalue weighted by molar-refractivity contribution is -0.147. The van der Waals surface area contributed by atoms with Crippen molar-refractivity contribution in [2.75, 3.05) is 19.6 Å². The summed E-state index contributed by atoms with van der Waals surface area (Å²) in [5.74, 6) is -1.42. The molecule has 7 nitrogen and oxygen atoms in total. The van der Waals surface area contributed by atoms with E-state index in [1.807, 2.05) is 0 Å². The Balaban J connectivity index is 2.45. The molecule has 0 spiro atoms. The molecule has 3 amide bonds. The van der Waals surface area contributed by atoms with Gasteiger partial charge in [-0.25, -0.2) is 4.79 Å². The van der Waals surface area contributed by atoms with E-state index in [1.54, 1.807) is 18.7 Å². The van der Waals surface area contributed by atoms with E-state index in [9.17, 15) is 14.4 Å². The predicted molar refractivity (Wildman–Crippen MR) is 72.9 cm³/mol. The van der Waals surface area contributed by atoms with Crippen LogP contribution in [0.3, 0.4) is 0 Å². The molecule has 1 fully saturated rings. The summed E-state index contributed by atoms with van der Waals surface area (Å²) in [6.45, 7) is 4.41. The van der Waals surface area contributed by atoms with E-state index < -0.39 is 11.4 Å². The van der Waals surface area contributed by atoms with Gasteiger partial charge in [-0.15, -0.1) is 0 Å². The SMILES string of the molecule is CCC(C)(CNC(=O)N1CCC(C(N)=O)CC1)C(=O)O. The number of rotatable bonds is 5. The zero-order chi connectivity index (χ0) is 15.3.